The van der Waals surface area contributed by atoms with Gasteiger partial charge in [0.1, 0.15) is 0 Å². The van der Waals surface area contributed by atoms with E-state index in [1.54, 1.807) is 23.7 Å². The molecule has 1 aliphatic heterocycles. The maximum Gasteiger partial charge on any atom is 0.332 e. The molecule has 1 aliphatic rings. The molecular weight excluding hydrogens is 280 g/mol. The number of nitrogens with one attached hydrogen (secondary N) is 1. The number of carboxylic acids is 1. The minimum absolute atomic E-state index is 0.138. The molecule has 0 aromatic heterocycles. The normalized spacial score (nSPS) is 23.4. The van der Waals surface area contributed by atoms with Gasteiger partial charge in [0, 0.05) is 19.6 Å². The number of rotatable bonds is 7. The molecule has 0 aliphatic carbocycles. The molecule has 7 heteroatoms. The molecule has 2 amide bonds. The highest BCUT2D eigenvalue weighted by molar-refractivity contribution is 7.98. The number of carbonyl (C=O) groups is 2. The van der Waals surface area contributed by atoms with Crippen molar-refractivity contribution in [2.75, 3.05) is 25.6 Å². The predicted octanol–water partition coefficient (Wildman–Crippen LogP) is 1.40. The number of ether oxygens (including phenoxy) is 1. The standard InChI is InChI=1S/C13H24N2O4S/c1-9(6-7-20-3)15(2)13(18)14-8-10-4-5-11(19-10)12(16)17/h9-11H,4-8H2,1-3H3,(H,14,18)(H,16,17). The number of nitrogens with zero attached hydrogens (tertiary/aromatic N) is 1. The summed E-state index contributed by atoms with van der Waals surface area (Å²) < 4.78 is 5.34. The smallest absolute Gasteiger partial charge is 0.332 e. The Morgan fingerprint density at radius 2 is 2.20 bits per heavy atom. The minimum atomic E-state index is -0.929. The van der Waals surface area contributed by atoms with Crippen molar-refractivity contribution in [2.45, 2.75) is 44.4 Å². The van der Waals surface area contributed by atoms with Gasteiger partial charge in [0.15, 0.2) is 6.10 Å². The lowest BCUT2D eigenvalue weighted by Crippen LogP contribution is -2.45. The summed E-state index contributed by atoms with van der Waals surface area (Å²) in [6.45, 7) is 2.38. The first-order chi connectivity index (χ1) is 9.45. The average molecular weight is 304 g/mol. The molecule has 3 atom stereocenters. The maximum atomic E-state index is 12.0. The van der Waals surface area contributed by atoms with E-state index in [0.29, 0.717) is 19.4 Å². The van der Waals surface area contributed by atoms with E-state index in [1.165, 1.54) is 0 Å². The van der Waals surface area contributed by atoms with Crippen molar-refractivity contribution in [3.8, 4) is 0 Å². The average Bonchev–Trinajstić information content (AvgIpc) is 2.90. The number of hydrogen-bond acceptors (Lipinski definition) is 4. The largest absolute Gasteiger partial charge is 0.479 e. The number of urea groups is 1. The van der Waals surface area contributed by atoms with E-state index >= 15 is 0 Å². The first kappa shape index (κ1) is 17.1. The van der Waals surface area contributed by atoms with Gasteiger partial charge in [-0.25, -0.2) is 9.59 Å². The molecule has 1 heterocycles. The summed E-state index contributed by atoms with van der Waals surface area (Å²) in [5, 5.41) is 11.6. The molecule has 6 nitrogen and oxygen atoms in total. The third kappa shape index (κ3) is 5.20. The number of aliphatic carboxylic acids is 1. The van der Waals surface area contributed by atoms with Crippen molar-refractivity contribution in [2.24, 2.45) is 0 Å². The Hall–Kier alpha value is -0.950. The summed E-state index contributed by atoms with van der Waals surface area (Å²) in [4.78, 5) is 24.4. The van der Waals surface area contributed by atoms with Gasteiger partial charge in [-0.05, 0) is 38.2 Å². The monoisotopic (exact) mass is 304 g/mol. The molecular formula is C13H24N2O4S. The van der Waals surface area contributed by atoms with Gasteiger partial charge in [-0.2, -0.15) is 11.8 Å². The quantitative estimate of drug-likeness (QED) is 0.743. The fourth-order valence-electron chi connectivity index (χ4n) is 2.05. The van der Waals surface area contributed by atoms with Crippen LogP contribution in [0.4, 0.5) is 4.79 Å². The summed E-state index contributed by atoms with van der Waals surface area (Å²) in [5.41, 5.74) is 0. The summed E-state index contributed by atoms with van der Waals surface area (Å²) in [5.74, 6) is 0.0896. The number of carbonyl (C=O) groups excluding carboxylic acids is 1. The number of amides is 2. The molecule has 0 bridgehead atoms. The van der Waals surface area contributed by atoms with Crippen molar-refractivity contribution in [3.05, 3.63) is 0 Å². The highest BCUT2D eigenvalue weighted by atomic mass is 32.2. The first-order valence-electron chi connectivity index (χ1n) is 6.83. The number of hydrogen-bond donors (Lipinski definition) is 2. The third-order valence-corrected chi connectivity index (χ3v) is 4.23. The van der Waals surface area contributed by atoms with Crippen molar-refractivity contribution in [3.63, 3.8) is 0 Å². The highest BCUT2D eigenvalue weighted by Crippen LogP contribution is 2.19. The molecule has 1 fully saturated rings. The van der Waals surface area contributed by atoms with Gasteiger partial charge in [-0.3, -0.25) is 0 Å². The second-order valence-corrected chi connectivity index (χ2v) is 6.08. The Kier molecular flexibility index (Phi) is 7.15. The zero-order chi connectivity index (χ0) is 15.1. The van der Waals surface area contributed by atoms with Gasteiger partial charge in [0.05, 0.1) is 6.10 Å². The summed E-state index contributed by atoms with van der Waals surface area (Å²) in [6, 6.07) is 0.0414. The fraction of sp³-hybridized carbons (Fsp3) is 0.846. The van der Waals surface area contributed by atoms with Crippen LogP contribution in [0.1, 0.15) is 26.2 Å². The summed E-state index contributed by atoms with van der Waals surface area (Å²) >= 11 is 1.76. The van der Waals surface area contributed by atoms with Crippen molar-refractivity contribution < 1.29 is 19.4 Å². The van der Waals surface area contributed by atoms with Gasteiger partial charge < -0.3 is 20.1 Å². The minimum Gasteiger partial charge on any atom is -0.479 e. The molecule has 0 saturated carbocycles. The van der Waals surface area contributed by atoms with E-state index in [0.717, 1.165) is 12.2 Å². The predicted molar refractivity (Wildman–Crippen MR) is 79.2 cm³/mol. The lowest BCUT2D eigenvalue weighted by Gasteiger charge is -2.25. The van der Waals surface area contributed by atoms with E-state index in [4.69, 9.17) is 9.84 Å². The van der Waals surface area contributed by atoms with Crippen LogP contribution < -0.4 is 5.32 Å². The van der Waals surface area contributed by atoms with E-state index in [-0.39, 0.29) is 18.2 Å². The maximum absolute atomic E-state index is 12.0. The molecule has 0 radical (unpaired) electrons. The van der Waals surface area contributed by atoms with E-state index in [9.17, 15) is 9.59 Å². The van der Waals surface area contributed by atoms with Crippen LogP contribution in [-0.2, 0) is 9.53 Å². The molecule has 116 valence electrons. The number of thioether (sulfide) groups is 1. The Bertz CT molecular complexity index is 340. The molecule has 3 unspecified atom stereocenters. The van der Waals surface area contributed by atoms with E-state index in [2.05, 4.69) is 5.32 Å². The molecule has 20 heavy (non-hydrogen) atoms. The first-order valence-corrected chi connectivity index (χ1v) is 8.23. The molecule has 1 saturated heterocycles. The molecule has 0 aromatic carbocycles. The van der Waals surface area contributed by atoms with Crippen LogP contribution in [-0.4, -0.2) is 65.9 Å². The molecule has 1 rings (SSSR count). The summed E-state index contributed by atoms with van der Waals surface area (Å²) in [6.07, 6.45) is 3.25. The Labute approximate surface area is 124 Å². The van der Waals surface area contributed by atoms with Crippen molar-refractivity contribution >= 4 is 23.8 Å². The van der Waals surface area contributed by atoms with Crippen LogP contribution in [0.15, 0.2) is 0 Å². The Balaban J connectivity index is 2.27. The van der Waals surface area contributed by atoms with Gasteiger partial charge in [-0.15, -0.1) is 0 Å². The summed E-state index contributed by atoms with van der Waals surface area (Å²) in [7, 11) is 1.77. The second-order valence-electron chi connectivity index (χ2n) is 5.09. The van der Waals surface area contributed by atoms with Crippen LogP contribution in [0.25, 0.3) is 0 Å². The van der Waals surface area contributed by atoms with Crippen LogP contribution in [0.3, 0.4) is 0 Å². The van der Waals surface area contributed by atoms with Gasteiger partial charge >= 0.3 is 12.0 Å². The van der Waals surface area contributed by atoms with Crippen LogP contribution in [0.5, 0.6) is 0 Å². The van der Waals surface area contributed by atoms with E-state index in [1.807, 2.05) is 13.2 Å². The lowest BCUT2D eigenvalue weighted by atomic mass is 10.2. The van der Waals surface area contributed by atoms with Gasteiger partial charge in [0.2, 0.25) is 0 Å². The molecule has 2 N–H and O–H groups in total. The molecule has 0 aromatic rings. The van der Waals surface area contributed by atoms with Gasteiger partial charge in [0.25, 0.3) is 0 Å². The second kappa shape index (κ2) is 8.36. The topological polar surface area (TPSA) is 78.9 Å². The number of carboxylic acid groups (broad SMARTS) is 1. The highest BCUT2D eigenvalue weighted by Gasteiger charge is 2.30. The Morgan fingerprint density at radius 3 is 2.75 bits per heavy atom. The Morgan fingerprint density at radius 1 is 1.50 bits per heavy atom. The zero-order valence-corrected chi connectivity index (χ0v) is 13.1. The SMILES string of the molecule is CSCCC(C)N(C)C(=O)NCC1CCC(C(=O)O)O1. The third-order valence-electron chi connectivity index (χ3n) is 3.59. The van der Waals surface area contributed by atoms with Crippen LogP contribution in [0, 0.1) is 0 Å². The fourth-order valence-corrected chi connectivity index (χ4v) is 2.62. The van der Waals surface area contributed by atoms with Crippen LogP contribution in [0.2, 0.25) is 0 Å². The van der Waals surface area contributed by atoms with Crippen molar-refractivity contribution in [1.82, 2.24) is 10.2 Å². The van der Waals surface area contributed by atoms with Crippen molar-refractivity contribution in [1.29, 1.82) is 0 Å². The lowest BCUT2D eigenvalue weighted by molar-refractivity contribution is -0.149. The van der Waals surface area contributed by atoms with Crippen LogP contribution >= 0.6 is 11.8 Å². The van der Waals surface area contributed by atoms with E-state index < -0.39 is 12.1 Å². The van der Waals surface area contributed by atoms with Gasteiger partial charge in [-0.1, -0.05) is 0 Å². The molecule has 0 spiro atoms. The zero-order valence-electron chi connectivity index (χ0n) is 12.3.